The van der Waals surface area contributed by atoms with Crippen LogP contribution in [0.1, 0.15) is 5.69 Å². The second-order valence-electron chi connectivity index (χ2n) is 6.95. The third-order valence-corrected chi connectivity index (χ3v) is 5.67. The number of anilines is 1. The van der Waals surface area contributed by atoms with E-state index in [2.05, 4.69) is 15.5 Å². The highest BCUT2D eigenvalue weighted by molar-refractivity contribution is 7.99. The first kappa shape index (κ1) is 22.0. The van der Waals surface area contributed by atoms with E-state index in [1.807, 2.05) is 18.2 Å². The number of rotatable bonds is 7. The molecule has 168 valence electrons. The van der Waals surface area contributed by atoms with E-state index in [0.29, 0.717) is 16.9 Å². The molecule has 1 amide bonds. The summed E-state index contributed by atoms with van der Waals surface area (Å²) in [6.45, 7) is 1.74. The van der Waals surface area contributed by atoms with Gasteiger partial charge >= 0.3 is 0 Å². The van der Waals surface area contributed by atoms with Gasteiger partial charge in [0.05, 0.1) is 22.1 Å². The molecule has 11 nitrogen and oxygen atoms in total. The Balaban J connectivity index is 1.45. The lowest BCUT2D eigenvalue weighted by Crippen LogP contribution is -2.23. The minimum absolute atomic E-state index is 0.0737. The number of benzene rings is 2. The van der Waals surface area contributed by atoms with Crippen LogP contribution >= 0.6 is 11.8 Å². The van der Waals surface area contributed by atoms with Crippen LogP contribution in [0.15, 0.2) is 69.0 Å². The molecule has 1 N–H and O–H groups in total. The second-order valence-corrected chi connectivity index (χ2v) is 7.88. The Morgan fingerprint density at radius 3 is 2.67 bits per heavy atom. The third kappa shape index (κ3) is 4.55. The molecule has 2 aromatic carbocycles. The van der Waals surface area contributed by atoms with E-state index >= 15 is 0 Å². The smallest absolute Gasteiger partial charge is 0.295 e. The minimum Gasteiger partial charge on any atom is -0.411 e. The van der Waals surface area contributed by atoms with Crippen LogP contribution in [0.3, 0.4) is 0 Å². The zero-order valence-corrected chi connectivity index (χ0v) is 18.4. The number of nitrogens with zero attached hydrogens (tertiary/aromatic N) is 5. The van der Waals surface area contributed by atoms with Crippen LogP contribution in [0, 0.1) is 17.0 Å². The number of para-hydroxylation sites is 1. The fourth-order valence-corrected chi connectivity index (χ4v) is 3.72. The monoisotopic (exact) mass is 466 g/mol. The molecule has 4 aromatic rings. The summed E-state index contributed by atoms with van der Waals surface area (Å²) in [5, 5.41) is 21.5. The van der Waals surface area contributed by atoms with Gasteiger partial charge in [0.1, 0.15) is 5.69 Å². The first-order valence-electron chi connectivity index (χ1n) is 9.70. The van der Waals surface area contributed by atoms with Gasteiger partial charge in [0.2, 0.25) is 11.8 Å². The molecular weight excluding hydrogens is 448 g/mol. The number of carbonyl (C=O) groups is 1. The molecular formula is C21H18N6O5S. The largest absolute Gasteiger partial charge is 0.411 e. The Morgan fingerprint density at radius 1 is 1.18 bits per heavy atom. The molecule has 0 fully saturated rings. The molecule has 2 heterocycles. The Labute approximate surface area is 191 Å². The van der Waals surface area contributed by atoms with E-state index in [1.54, 1.807) is 36.9 Å². The summed E-state index contributed by atoms with van der Waals surface area (Å²) >= 11 is 0.991. The van der Waals surface area contributed by atoms with Crippen molar-refractivity contribution >= 4 is 29.0 Å². The molecule has 12 heteroatoms. The van der Waals surface area contributed by atoms with Crippen LogP contribution in [0.2, 0.25) is 0 Å². The molecule has 4 rings (SSSR count). The van der Waals surface area contributed by atoms with Gasteiger partial charge in [-0.15, -0.1) is 10.2 Å². The van der Waals surface area contributed by atoms with Gasteiger partial charge in [0.15, 0.2) is 0 Å². The van der Waals surface area contributed by atoms with Crippen LogP contribution in [0.4, 0.5) is 11.4 Å². The fraction of sp³-hybridized carbons (Fsp3) is 0.143. The summed E-state index contributed by atoms with van der Waals surface area (Å²) in [5.74, 6) is -0.386. The number of amides is 1. The lowest BCUT2D eigenvalue weighted by molar-refractivity contribution is -0.384. The van der Waals surface area contributed by atoms with E-state index in [4.69, 9.17) is 4.42 Å². The first-order chi connectivity index (χ1) is 15.8. The molecule has 0 radical (unpaired) electrons. The van der Waals surface area contributed by atoms with Crippen molar-refractivity contribution in [3.63, 3.8) is 0 Å². The zero-order chi connectivity index (χ0) is 23.5. The van der Waals surface area contributed by atoms with Gasteiger partial charge < -0.3 is 9.73 Å². The van der Waals surface area contributed by atoms with E-state index in [9.17, 15) is 19.7 Å². The number of thioether (sulfide) groups is 1. The van der Waals surface area contributed by atoms with Gasteiger partial charge in [-0.25, -0.2) is 4.68 Å². The van der Waals surface area contributed by atoms with E-state index in [-0.39, 0.29) is 33.8 Å². The molecule has 2 aromatic heterocycles. The standard InChI is InChI=1S/C21H18N6O5S/c1-13-18(20(29)26(25(13)2)15-8-4-3-5-9-15)22-17(28)12-33-21-24-23-19(32-21)14-7-6-10-16(11-14)27(30)31/h3-11H,12H2,1-2H3,(H,22,28). The Morgan fingerprint density at radius 2 is 1.94 bits per heavy atom. The lowest BCUT2D eigenvalue weighted by atomic mass is 10.2. The Bertz CT molecular complexity index is 1390. The van der Waals surface area contributed by atoms with Gasteiger partial charge in [-0.2, -0.15) is 0 Å². The summed E-state index contributed by atoms with van der Waals surface area (Å²) in [5.41, 5.74) is 1.43. The van der Waals surface area contributed by atoms with Crippen molar-refractivity contribution in [2.75, 3.05) is 11.1 Å². The molecule has 0 saturated carbocycles. The number of hydrogen-bond donors (Lipinski definition) is 1. The Kier molecular flexibility index (Phi) is 6.09. The maximum Gasteiger partial charge on any atom is 0.295 e. The number of aromatic nitrogens is 4. The molecule has 0 saturated heterocycles. The summed E-state index contributed by atoms with van der Waals surface area (Å²) in [6, 6.07) is 14.9. The maximum absolute atomic E-state index is 12.9. The average Bonchev–Trinajstić information content (AvgIpc) is 3.37. The molecule has 33 heavy (non-hydrogen) atoms. The van der Waals surface area contributed by atoms with Crippen LogP contribution in [0.25, 0.3) is 17.1 Å². The Hall–Kier alpha value is -4.19. The van der Waals surface area contributed by atoms with Crippen molar-refractivity contribution in [1.29, 1.82) is 0 Å². The van der Waals surface area contributed by atoms with Crippen LogP contribution in [0.5, 0.6) is 0 Å². The number of nitrogens with one attached hydrogen (secondary N) is 1. The predicted octanol–water partition coefficient (Wildman–Crippen LogP) is 3.17. The summed E-state index contributed by atoms with van der Waals surface area (Å²) < 4.78 is 8.65. The predicted molar refractivity (Wildman–Crippen MR) is 121 cm³/mol. The maximum atomic E-state index is 12.9. The zero-order valence-electron chi connectivity index (χ0n) is 17.6. The molecule has 0 bridgehead atoms. The molecule has 0 aliphatic heterocycles. The van der Waals surface area contributed by atoms with Crippen molar-refractivity contribution in [3.8, 4) is 17.1 Å². The topological polar surface area (TPSA) is 138 Å². The van der Waals surface area contributed by atoms with Crippen molar-refractivity contribution in [2.24, 2.45) is 7.05 Å². The summed E-state index contributed by atoms with van der Waals surface area (Å²) in [6.07, 6.45) is 0. The number of non-ortho nitro benzene ring substituents is 1. The van der Waals surface area contributed by atoms with Gasteiger partial charge in [0.25, 0.3) is 16.5 Å². The van der Waals surface area contributed by atoms with Crippen molar-refractivity contribution in [3.05, 3.63) is 80.8 Å². The highest BCUT2D eigenvalue weighted by Crippen LogP contribution is 2.26. The second kappa shape index (κ2) is 9.12. The normalized spacial score (nSPS) is 10.8. The lowest BCUT2D eigenvalue weighted by Gasteiger charge is -2.07. The minimum atomic E-state index is -0.517. The molecule has 0 aliphatic carbocycles. The van der Waals surface area contributed by atoms with Crippen LogP contribution in [-0.4, -0.2) is 36.1 Å². The van der Waals surface area contributed by atoms with Crippen LogP contribution < -0.4 is 10.9 Å². The number of nitro groups is 1. The van der Waals surface area contributed by atoms with Gasteiger partial charge in [-0.3, -0.25) is 24.4 Å². The molecule has 0 atom stereocenters. The molecule has 0 spiro atoms. The summed E-state index contributed by atoms with van der Waals surface area (Å²) in [7, 11) is 1.74. The highest BCUT2D eigenvalue weighted by atomic mass is 32.2. The molecule has 0 unspecified atom stereocenters. The van der Waals surface area contributed by atoms with Gasteiger partial charge in [0, 0.05) is 24.7 Å². The van der Waals surface area contributed by atoms with E-state index in [1.165, 1.54) is 22.9 Å². The van der Waals surface area contributed by atoms with E-state index in [0.717, 1.165) is 11.8 Å². The SMILES string of the molecule is Cc1c(NC(=O)CSc2nnc(-c3cccc([N+](=O)[O-])c3)o2)c(=O)n(-c2ccccc2)n1C. The summed E-state index contributed by atoms with van der Waals surface area (Å²) in [4.78, 5) is 35.8. The highest BCUT2D eigenvalue weighted by Gasteiger charge is 2.19. The van der Waals surface area contributed by atoms with Gasteiger partial charge in [-0.05, 0) is 25.1 Å². The third-order valence-electron chi connectivity index (χ3n) is 4.86. The first-order valence-corrected chi connectivity index (χ1v) is 10.7. The van der Waals surface area contributed by atoms with Crippen molar-refractivity contribution < 1.29 is 14.1 Å². The quantitative estimate of drug-likeness (QED) is 0.249. The van der Waals surface area contributed by atoms with Gasteiger partial charge in [-0.1, -0.05) is 36.0 Å². The van der Waals surface area contributed by atoms with Crippen LogP contribution in [-0.2, 0) is 11.8 Å². The number of hydrogen-bond acceptors (Lipinski definition) is 8. The van der Waals surface area contributed by atoms with Crippen molar-refractivity contribution in [2.45, 2.75) is 12.1 Å². The number of nitro benzene ring substituents is 1. The van der Waals surface area contributed by atoms with Crippen molar-refractivity contribution in [1.82, 2.24) is 19.6 Å². The number of carbonyl (C=O) groups excluding carboxylic acids is 1. The average molecular weight is 466 g/mol. The fourth-order valence-electron chi connectivity index (χ4n) is 3.15. The van der Waals surface area contributed by atoms with E-state index < -0.39 is 10.8 Å². The molecule has 0 aliphatic rings.